The summed E-state index contributed by atoms with van der Waals surface area (Å²) in [5, 5.41) is 8.02. The summed E-state index contributed by atoms with van der Waals surface area (Å²) in [5.41, 5.74) is 0.468. The molecular weight excluding hydrogens is 308 g/mol. The number of rotatable bonds is 4. The van der Waals surface area contributed by atoms with Crippen molar-refractivity contribution < 1.29 is 14.3 Å². The summed E-state index contributed by atoms with van der Waals surface area (Å²) in [6, 6.07) is 9.13. The molecule has 1 amide bonds. The van der Waals surface area contributed by atoms with Gasteiger partial charge in [0, 0.05) is 32.4 Å². The molecule has 2 heterocycles. The number of hydrogen-bond donors (Lipinski definition) is 0. The van der Waals surface area contributed by atoms with Gasteiger partial charge in [-0.05, 0) is 24.3 Å². The van der Waals surface area contributed by atoms with Gasteiger partial charge in [-0.2, -0.15) is 5.10 Å². The molecule has 1 aromatic carbocycles. The van der Waals surface area contributed by atoms with E-state index in [-0.39, 0.29) is 5.91 Å². The lowest BCUT2D eigenvalue weighted by atomic mass is 10.1. The fourth-order valence-electron chi connectivity index (χ4n) is 2.82. The molecule has 7 heteroatoms. The second kappa shape index (κ2) is 7.16. The predicted molar refractivity (Wildman–Crippen MR) is 89.7 cm³/mol. The second-order valence-electron chi connectivity index (χ2n) is 5.40. The van der Waals surface area contributed by atoms with Crippen LogP contribution < -0.4 is 14.4 Å². The molecule has 3 rings (SSSR count). The van der Waals surface area contributed by atoms with Gasteiger partial charge < -0.3 is 19.3 Å². The first-order valence-corrected chi connectivity index (χ1v) is 7.77. The van der Waals surface area contributed by atoms with E-state index < -0.39 is 0 Å². The van der Waals surface area contributed by atoms with Crippen LogP contribution in [0.15, 0.2) is 36.5 Å². The molecule has 1 saturated heterocycles. The lowest BCUT2D eigenvalue weighted by Crippen LogP contribution is -2.49. The standard InChI is InChI=1S/C17H20N4O3/c1-23-13-5-3-6-14(24-2)16(13)17(22)21-11-9-20(10-12-21)15-7-4-8-18-19-15/h3-8H,9-12H2,1-2H3. The topological polar surface area (TPSA) is 67.8 Å². The van der Waals surface area contributed by atoms with E-state index in [1.807, 2.05) is 17.0 Å². The SMILES string of the molecule is COc1cccc(OC)c1C(=O)N1CCN(c2cccnn2)CC1. The van der Waals surface area contributed by atoms with Gasteiger partial charge in [-0.25, -0.2) is 0 Å². The molecule has 1 aliphatic heterocycles. The molecule has 24 heavy (non-hydrogen) atoms. The minimum absolute atomic E-state index is 0.0805. The molecule has 2 aromatic rings. The second-order valence-corrected chi connectivity index (χ2v) is 5.40. The highest BCUT2D eigenvalue weighted by molar-refractivity contribution is 5.99. The Labute approximate surface area is 140 Å². The van der Waals surface area contributed by atoms with Crippen LogP contribution in [0.3, 0.4) is 0 Å². The van der Waals surface area contributed by atoms with E-state index in [1.54, 1.807) is 38.6 Å². The summed E-state index contributed by atoms with van der Waals surface area (Å²) in [5.74, 6) is 1.80. The van der Waals surface area contributed by atoms with Gasteiger partial charge >= 0.3 is 0 Å². The summed E-state index contributed by atoms with van der Waals surface area (Å²) in [6.45, 7) is 2.64. The van der Waals surface area contributed by atoms with Crippen molar-refractivity contribution >= 4 is 11.7 Å². The van der Waals surface area contributed by atoms with Crippen LogP contribution in [0.25, 0.3) is 0 Å². The van der Waals surface area contributed by atoms with Crippen molar-refractivity contribution in [2.75, 3.05) is 45.3 Å². The first-order valence-electron chi connectivity index (χ1n) is 7.77. The summed E-state index contributed by atoms with van der Waals surface area (Å²) in [7, 11) is 3.11. The molecule has 0 bridgehead atoms. The van der Waals surface area contributed by atoms with Gasteiger partial charge in [0.15, 0.2) is 5.82 Å². The van der Waals surface area contributed by atoms with Crippen molar-refractivity contribution in [3.63, 3.8) is 0 Å². The van der Waals surface area contributed by atoms with Crippen LogP contribution in [0.1, 0.15) is 10.4 Å². The highest BCUT2D eigenvalue weighted by Crippen LogP contribution is 2.30. The first kappa shape index (κ1) is 16.0. The van der Waals surface area contributed by atoms with Crippen molar-refractivity contribution in [3.8, 4) is 11.5 Å². The Kier molecular flexibility index (Phi) is 4.79. The lowest BCUT2D eigenvalue weighted by molar-refractivity contribution is 0.0739. The number of hydrogen-bond acceptors (Lipinski definition) is 6. The van der Waals surface area contributed by atoms with E-state index in [0.29, 0.717) is 43.2 Å². The van der Waals surface area contributed by atoms with Crippen LogP contribution in [0.5, 0.6) is 11.5 Å². The molecule has 126 valence electrons. The van der Waals surface area contributed by atoms with Gasteiger partial charge in [0.1, 0.15) is 17.1 Å². The monoisotopic (exact) mass is 328 g/mol. The summed E-state index contributed by atoms with van der Waals surface area (Å²) in [6.07, 6.45) is 1.65. The molecule has 0 saturated carbocycles. The van der Waals surface area contributed by atoms with E-state index in [1.165, 1.54) is 0 Å². The minimum Gasteiger partial charge on any atom is -0.496 e. The van der Waals surface area contributed by atoms with Crippen LogP contribution in [-0.4, -0.2) is 61.4 Å². The van der Waals surface area contributed by atoms with E-state index in [9.17, 15) is 4.79 Å². The zero-order valence-corrected chi connectivity index (χ0v) is 13.8. The molecule has 1 fully saturated rings. The van der Waals surface area contributed by atoms with E-state index >= 15 is 0 Å². The summed E-state index contributed by atoms with van der Waals surface area (Å²) < 4.78 is 10.7. The van der Waals surface area contributed by atoms with Crippen molar-refractivity contribution in [3.05, 3.63) is 42.1 Å². The van der Waals surface area contributed by atoms with Crippen molar-refractivity contribution in [2.24, 2.45) is 0 Å². The average molecular weight is 328 g/mol. The maximum absolute atomic E-state index is 12.9. The summed E-state index contributed by atoms with van der Waals surface area (Å²) in [4.78, 5) is 16.9. The maximum Gasteiger partial charge on any atom is 0.261 e. The van der Waals surface area contributed by atoms with Gasteiger partial charge in [-0.3, -0.25) is 4.79 Å². The highest BCUT2D eigenvalue weighted by Gasteiger charge is 2.27. The van der Waals surface area contributed by atoms with Crippen LogP contribution in [0.4, 0.5) is 5.82 Å². The molecule has 0 spiro atoms. The Morgan fingerprint density at radius 1 is 1.00 bits per heavy atom. The van der Waals surface area contributed by atoms with Crippen molar-refractivity contribution in [1.82, 2.24) is 15.1 Å². The Hall–Kier alpha value is -2.83. The van der Waals surface area contributed by atoms with E-state index in [2.05, 4.69) is 15.1 Å². The largest absolute Gasteiger partial charge is 0.496 e. The third kappa shape index (κ3) is 3.10. The van der Waals surface area contributed by atoms with Crippen LogP contribution in [0, 0.1) is 0 Å². The highest BCUT2D eigenvalue weighted by atomic mass is 16.5. The number of amides is 1. The number of piperazine rings is 1. The van der Waals surface area contributed by atoms with Gasteiger partial charge in [0.25, 0.3) is 5.91 Å². The van der Waals surface area contributed by atoms with Gasteiger partial charge in [-0.1, -0.05) is 6.07 Å². The lowest BCUT2D eigenvalue weighted by Gasteiger charge is -2.35. The molecule has 0 aliphatic carbocycles. The predicted octanol–water partition coefficient (Wildman–Crippen LogP) is 1.46. The Bertz CT molecular complexity index is 678. The molecular formula is C17H20N4O3. The zero-order valence-electron chi connectivity index (χ0n) is 13.8. The Morgan fingerprint density at radius 3 is 2.21 bits per heavy atom. The number of carbonyl (C=O) groups is 1. The van der Waals surface area contributed by atoms with E-state index in [0.717, 1.165) is 5.82 Å². The molecule has 0 atom stereocenters. The van der Waals surface area contributed by atoms with Crippen molar-refractivity contribution in [1.29, 1.82) is 0 Å². The molecule has 0 N–H and O–H groups in total. The maximum atomic E-state index is 12.9. The Morgan fingerprint density at radius 2 is 1.67 bits per heavy atom. The Balaban J connectivity index is 1.74. The number of benzene rings is 1. The van der Waals surface area contributed by atoms with Crippen molar-refractivity contribution in [2.45, 2.75) is 0 Å². The average Bonchev–Trinajstić information content (AvgIpc) is 2.67. The number of anilines is 1. The minimum atomic E-state index is -0.0805. The quantitative estimate of drug-likeness (QED) is 0.846. The van der Waals surface area contributed by atoms with Crippen LogP contribution >= 0.6 is 0 Å². The molecule has 0 radical (unpaired) electrons. The molecule has 0 unspecified atom stereocenters. The number of nitrogens with zero attached hydrogens (tertiary/aromatic N) is 4. The number of carbonyl (C=O) groups excluding carboxylic acids is 1. The van der Waals surface area contributed by atoms with E-state index in [4.69, 9.17) is 9.47 Å². The van der Waals surface area contributed by atoms with Crippen LogP contribution in [0.2, 0.25) is 0 Å². The third-order valence-electron chi connectivity index (χ3n) is 4.09. The van der Waals surface area contributed by atoms with Gasteiger partial charge in [0.2, 0.25) is 0 Å². The molecule has 1 aliphatic rings. The van der Waals surface area contributed by atoms with Gasteiger partial charge in [-0.15, -0.1) is 5.10 Å². The fraction of sp³-hybridized carbons (Fsp3) is 0.353. The van der Waals surface area contributed by atoms with Gasteiger partial charge in [0.05, 0.1) is 14.2 Å². The molecule has 1 aromatic heterocycles. The summed E-state index contributed by atoms with van der Waals surface area (Å²) >= 11 is 0. The number of aromatic nitrogens is 2. The smallest absolute Gasteiger partial charge is 0.261 e. The normalized spacial score (nSPS) is 14.4. The van der Waals surface area contributed by atoms with Crippen LogP contribution in [-0.2, 0) is 0 Å². The third-order valence-corrected chi connectivity index (χ3v) is 4.09. The fourth-order valence-corrected chi connectivity index (χ4v) is 2.82. The first-order chi connectivity index (χ1) is 11.7. The zero-order chi connectivity index (χ0) is 16.9. The number of methoxy groups -OCH3 is 2. The number of ether oxygens (including phenoxy) is 2. The molecule has 7 nitrogen and oxygen atoms in total.